The maximum atomic E-state index is 12.2. The van der Waals surface area contributed by atoms with Crippen molar-refractivity contribution in [1.29, 1.82) is 0 Å². The van der Waals surface area contributed by atoms with Gasteiger partial charge in [0.1, 0.15) is 5.69 Å². The first-order valence-electron chi connectivity index (χ1n) is 7.10. The van der Waals surface area contributed by atoms with Gasteiger partial charge in [0.05, 0.1) is 6.42 Å². The molecule has 1 aliphatic carbocycles. The number of carboxylic acid groups (broad SMARTS) is 1. The van der Waals surface area contributed by atoms with Gasteiger partial charge in [0.25, 0.3) is 5.91 Å². The molecule has 0 spiro atoms. The van der Waals surface area contributed by atoms with Gasteiger partial charge in [-0.3, -0.25) is 9.59 Å². The molecule has 0 aliphatic heterocycles. The van der Waals surface area contributed by atoms with E-state index in [2.05, 4.69) is 5.32 Å². The second-order valence-corrected chi connectivity index (χ2v) is 6.00. The van der Waals surface area contributed by atoms with Crippen LogP contribution in [0.1, 0.15) is 56.1 Å². The SMILES string of the molecule is CC(C)n1cccc1C(=O)NCC1(CC(=O)O)CCC1. The van der Waals surface area contributed by atoms with Crippen molar-refractivity contribution in [2.45, 2.75) is 45.6 Å². The predicted octanol–water partition coefficient (Wildman–Crippen LogP) is 2.44. The molecule has 0 saturated heterocycles. The van der Waals surface area contributed by atoms with Crippen molar-refractivity contribution in [1.82, 2.24) is 9.88 Å². The first kappa shape index (κ1) is 14.6. The van der Waals surface area contributed by atoms with E-state index in [9.17, 15) is 9.59 Å². The van der Waals surface area contributed by atoms with Gasteiger partial charge in [0.15, 0.2) is 0 Å². The average Bonchev–Trinajstić information content (AvgIpc) is 2.80. The molecule has 0 aromatic carbocycles. The minimum absolute atomic E-state index is 0.125. The van der Waals surface area contributed by atoms with Crippen molar-refractivity contribution in [2.75, 3.05) is 6.54 Å². The van der Waals surface area contributed by atoms with Crippen LogP contribution in [0, 0.1) is 5.41 Å². The van der Waals surface area contributed by atoms with Crippen LogP contribution in [0.25, 0.3) is 0 Å². The molecule has 0 atom stereocenters. The molecule has 1 heterocycles. The number of carboxylic acids is 1. The van der Waals surface area contributed by atoms with E-state index in [0.717, 1.165) is 19.3 Å². The number of amides is 1. The van der Waals surface area contributed by atoms with Gasteiger partial charge >= 0.3 is 5.97 Å². The number of carbonyl (C=O) groups is 2. The van der Waals surface area contributed by atoms with Gasteiger partial charge in [-0.25, -0.2) is 0 Å². The summed E-state index contributed by atoms with van der Waals surface area (Å²) < 4.78 is 1.92. The fourth-order valence-electron chi connectivity index (χ4n) is 2.81. The van der Waals surface area contributed by atoms with Gasteiger partial charge in [-0.05, 0) is 44.2 Å². The van der Waals surface area contributed by atoms with Crippen molar-refractivity contribution in [3.63, 3.8) is 0 Å². The van der Waals surface area contributed by atoms with Crippen molar-refractivity contribution >= 4 is 11.9 Å². The van der Waals surface area contributed by atoms with Crippen LogP contribution in [-0.2, 0) is 4.79 Å². The number of carbonyl (C=O) groups excluding carboxylic acids is 1. The third-order valence-electron chi connectivity index (χ3n) is 4.13. The topological polar surface area (TPSA) is 71.3 Å². The molecule has 1 fully saturated rings. The zero-order valence-electron chi connectivity index (χ0n) is 12.1. The number of aliphatic carboxylic acids is 1. The van der Waals surface area contributed by atoms with Crippen molar-refractivity contribution in [3.8, 4) is 0 Å². The van der Waals surface area contributed by atoms with Crippen LogP contribution in [0.15, 0.2) is 18.3 Å². The summed E-state index contributed by atoms with van der Waals surface area (Å²) in [4.78, 5) is 23.1. The Balaban J connectivity index is 1.98. The standard InChI is InChI=1S/C15H22N2O3/c1-11(2)17-8-3-5-12(17)14(20)16-10-15(6-4-7-15)9-13(18)19/h3,5,8,11H,4,6-7,9-10H2,1-2H3,(H,16,20)(H,18,19). The number of nitrogens with zero attached hydrogens (tertiary/aromatic N) is 1. The second kappa shape index (κ2) is 5.69. The van der Waals surface area contributed by atoms with Gasteiger partial charge in [-0.1, -0.05) is 6.42 Å². The van der Waals surface area contributed by atoms with E-state index in [0.29, 0.717) is 12.2 Å². The normalized spacial score (nSPS) is 16.8. The Morgan fingerprint density at radius 2 is 2.15 bits per heavy atom. The molecule has 0 bridgehead atoms. The molecule has 1 aliphatic rings. The molecule has 20 heavy (non-hydrogen) atoms. The Hall–Kier alpha value is -1.78. The molecule has 2 rings (SSSR count). The third-order valence-corrected chi connectivity index (χ3v) is 4.13. The molecule has 5 heteroatoms. The average molecular weight is 278 g/mol. The van der Waals surface area contributed by atoms with E-state index in [-0.39, 0.29) is 23.8 Å². The molecule has 2 N–H and O–H groups in total. The molecular weight excluding hydrogens is 256 g/mol. The summed E-state index contributed by atoms with van der Waals surface area (Å²) in [5, 5.41) is 11.9. The quantitative estimate of drug-likeness (QED) is 0.839. The maximum absolute atomic E-state index is 12.2. The summed E-state index contributed by atoms with van der Waals surface area (Å²) in [7, 11) is 0. The highest BCUT2D eigenvalue weighted by Crippen LogP contribution is 2.43. The number of hydrogen-bond acceptors (Lipinski definition) is 2. The Morgan fingerprint density at radius 3 is 2.65 bits per heavy atom. The summed E-state index contributed by atoms with van der Waals surface area (Å²) >= 11 is 0. The van der Waals surface area contributed by atoms with Crippen molar-refractivity contribution in [3.05, 3.63) is 24.0 Å². The van der Waals surface area contributed by atoms with E-state index in [1.165, 1.54) is 0 Å². The zero-order valence-corrected chi connectivity index (χ0v) is 12.1. The predicted molar refractivity (Wildman–Crippen MR) is 75.7 cm³/mol. The van der Waals surface area contributed by atoms with Gasteiger partial charge in [0, 0.05) is 18.8 Å². The Kier molecular flexibility index (Phi) is 4.16. The molecule has 1 aromatic heterocycles. The van der Waals surface area contributed by atoms with Gasteiger partial charge in [-0.2, -0.15) is 0 Å². The smallest absolute Gasteiger partial charge is 0.303 e. The molecule has 1 saturated carbocycles. The van der Waals surface area contributed by atoms with Crippen LogP contribution in [-0.4, -0.2) is 28.1 Å². The summed E-state index contributed by atoms with van der Waals surface area (Å²) in [5.41, 5.74) is 0.390. The lowest BCUT2D eigenvalue weighted by Crippen LogP contribution is -2.43. The molecule has 1 aromatic rings. The van der Waals surface area contributed by atoms with Gasteiger partial charge in [0.2, 0.25) is 0 Å². The Bertz CT molecular complexity index is 501. The van der Waals surface area contributed by atoms with Crippen LogP contribution >= 0.6 is 0 Å². The summed E-state index contributed by atoms with van der Waals surface area (Å²) in [6.45, 7) is 4.49. The van der Waals surface area contributed by atoms with Crippen LogP contribution in [0.5, 0.6) is 0 Å². The number of aromatic nitrogens is 1. The molecule has 1 amide bonds. The fraction of sp³-hybridized carbons (Fsp3) is 0.600. The van der Waals surface area contributed by atoms with Crippen molar-refractivity contribution < 1.29 is 14.7 Å². The van der Waals surface area contributed by atoms with E-state index in [1.54, 1.807) is 6.07 Å². The third kappa shape index (κ3) is 3.03. The molecular formula is C15H22N2O3. The summed E-state index contributed by atoms with van der Waals surface area (Å²) in [5.74, 6) is -0.912. The Morgan fingerprint density at radius 1 is 1.45 bits per heavy atom. The first-order valence-corrected chi connectivity index (χ1v) is 7.10. The highest BCUT2D eigenvalue weighted by molar-refractivity contribution is 5.92. The maximum Gasteiger partial charge on any atom is 0.303 e. The molecule has 0 unspecified atom stereocenters. The van der Waals surface area contributed by atoms with Crippen LogP contribution in [0.3, 0.4) is 0 Å². The van der Waals surface area contributed by atoms with Crippen LogP contribution in [0.4, 0.5) is 0 Å². The largest absolute Gasteiger partial charge is 0.481 e. The lowest BCUT2D eigenvalue weighted by molar-refractivity contribution is -0.141. The summed E-state index contributed by atoms with van der Waals surface area (Å²) in [6, 6.07) is 3.87. The zero-order chi connectivity index (χ0) is 14.8. The second-order valence-electron chi connectivity index (χ2n) is 6.00. The van der Waals surface area contributed by atoms with Gasteiger partial charge in [-0.15, -0.1) is 0 Å². The first-order chi connectivity index (χ1) is 9.43. The van der Waals surface area contributed by atoms with Crippen molar-refractivity contribution in [2.24, 2.45) is 5.41 Å². The highest BCUT2D eigenvalue weighted by atomic mass is 16.4. The fourth-order valence-corrected chi connectivity index (χ4v) is 2.81. The lowest BCUT2D eigenvalue weighted by Gasteiger charge is -2.40. The van der Waals surface area contributed by atoms with Crippen LogP contribution < -0.4 is 5.32 Å². The minimum Gasteiger partial charge on any atom is -0.481 e. The molecule has 5 nitrogen and oxygen atoms in total. The highest BCUT2D eigenvalue weighted by Gasteiger charge is 2.39. The van der Waals surface area contributed by atoms with Gasteiger partial charge < -0.3 is 15.0 Å². The monoisotopic (exact) mass is 278 g/mol. The molecule has 110 valence electrons. The van der Waals surface area contributed by atoms with E-state index in [1.807, 2.05) is 30.7 Å². The number of nitrogens with one attached hydrogen (secondary N) is 1. The Labute approximate surface area is 119 Å². The summed E-state index contributed by atoms with van der Waals surface area (Å²) in [6.07, 6.45) is 4.83. The number of hydrogen-bond donors (Lipinski definition) is 2. The molecule has 0 radical (unpaired) electrons. The minimum atomic E-state index is -0.787. The van der Waals surface area contributed by atoms with E-state index < -0.39 is 5.97 Å². The van der Waals surface area contributed by atoms with E-state index >= 15 is 0 Å². The van der Waals surface area contributed by atoms with Crippen LogP contribution in [0.2, 0.25) is 0 Å². The lowest BCUT2D eigenvalue weighted by atomic mass is 9.66. The van der Waals surface area contributed by atoms with E-state index in [4.69, 9.17) is 5.11 Å². The number of rotatable bonds is 6.